The van der Waals surface area contributed by atoms with Gasteiger partial charge in [0.15, 0.2) is 9.84 Å². The Labute approximate surface area is 152 Å². The summed E-state index contributed by atoms with van der Waals surface area (Å²) in [5.41, 5.74) is -0.152. The summed E-state index contributed by atoms with van der Waals surface area (Å²) in [6.45, 7) is 1.59. The van der Waals surface area contributed by atoms with Crippen molar-refractivity contribution in [2.24, 2.45) is 0 Å². The Balaban J connectivity index is 1.76. The summed E-state index contributed by atoms with van der Waals surface area (Å²) in [7, 11) is -3.28. The van der Waals surface area contributed by atoms with E-state index in [1.165, 1.54) is 18.2 Å². The van der Waals surface area contributed by atoms with Crippen LogP contribution in [-0.2, 0) is 14.6 Å². The number of hydrogen-bond donors (Lipinski definition) is 0. The van der Waals surface area contributed by atoms with Crippen LogP contribution in [0.25, 0.3) is 0 Å². The van der Waals surface area contributed by atoms with E-state index in [0.717, 1.165) is 44.8 Å². The van der Waals surface area contributed by atoms with Crippen molar-refractivity contribution in [1.29, 1.82) is 0 Å². The van der Waals surface area contributed by atoms with E-state index in [4.69, 9.17) is 4.74 Å². The van der Waals surface area contributed by atoms with Crippen LogP contribution in [0, 0.1) is 10.1 Å². The molecule has 2 fully saturated rings. The smallest absolute Gasteiger partial charge is 0.338 e. The molecule has 0 spiro atoms. The average Bonchev–Trinajstić information content (AvgIpc) is 2.79. The van der Waals surface area contributed by atoms with Crippen LogP contribution in [0.2, 0.25) is 0 Å². The number of hydrogen-bond acceptors (Lipinski definition) is 7. The van der Waals surface area contributed by atoms with Crippen molar-refractivity contribution in [1.82, 2.24) is 4.90 Å². The Hall–Kier alpha value is -2.00. The van der Waals surface area contributed by atoms with Gasteiger partial charge in [0.25, 0.3) is 5.69 Å². The number of ether oxygens (including phenoxy) is 1. The standard InChI is InChI=1S/C17H22N2O6S/c20-17(13-6-5-7-14(10-13)19(21)22)25-16-12-26(23,24)11-15(16)18-8-3-1-2-4-9-18/h5-7,10,15-16H,1-4,8-9,11-12H2. The number of nitrogens with zero attached hydrogens (tertiary/aromatic N) is 2. The second kappa shape index (κ2) is 7.71. The zero-order valence-electron chi connectivity index (χ0n) is 14.4. The number of esters is 1. The molecule has 0 amide bonds. The monoisotopic (exact) mass is 382 g/mol. The molecule has 3 rings (SSSR count). The molecule has 9 heteroatoms. The van der Waals surface area contributed by atoms with E-state index in [1.807, 2.05) is 0 Å². The van der Waals surface area contributed by atoms with Crippen LogP contribution >= 0.6 is 0 Å². The minimum Gasteiger partial charge on any atom is -0.456 e. The molecule has 8 nitrogen and oxygen atoms in total. The van der Waals surface area contributed by atoms with Gasteiger partial charge in [0.05, 0.1) is 28.0 Å². The maximum Gasteiger partial charge on any atom is 0.338 e. The molecule has 2 aliphatic rings. The fourth-order valence-electron chi connectivity index (χ4n) is 3.63. The molecule has 2 unspecified atom stereocenters. The fourth-order valence-corrected chi connectivity index (χ4v) is 5.50. The van der Waals surface area contributed by atoms with Gasteiger partial charge >= 0.3 is 5.97 Å². The van der Waals surface area contributed by atoms with Gasteiger partial charge in [0, 0.05) is 12.1 Å². The Morgan fingerprint density at radius 1 is 1.15 bits per heavy atom. The van der Waals surface area contributed by atoms with Crippen molar-refractivity contribution in [3.05, 3.63) is 39.9 Å². The molecule has 0 aliphatic carbocycles. The first kappa shape index (κ1) is 18.8. The molecule has 2 aliphatic heterocycles. The van der Waals surface area contributed by atoms with Gasteiger partial charge in [-0.2, -0.15) is 0 Å². The molecular formula is C17H22N2O6S. The summed E-state index contributed by atoms with van der Waals surface area (Å²) in [6, 6.07) is 4.93. The molecule has 2 heterocycles. The third-order valence-electron chi connectivity index (χ3n) is 4.93. The second-order valence-corrected chi connectivity index (χ2v) is 9.00. The van der Waals surface area contributed by atoms with Gasteiger partial charge in [-0.1, -0.05) is 18.9 Å². The molecule has 0 N–H and O–H groups in total. The number of nitro benzene ring substituents is 1. The minimum atomic E-state index is -3.28. The maximum absolute atomic E-state index is 12.4. The first-order chi connectivity index (χ1) is 12.4. The van der Waals surface area contributed by atoms with E-state index in [9.17, 15) is 23.3 Å². The van der Waals surface area contributed by atoms with Gasteiger partial charge in [-0.3, -0.25) is 15.0 Å². The van der Waals surface area contributed by atoms with Gasteiger partial charge in [0.1, 0.15) is 6.10 Å². The summed E-state index contributed by atoms with van der Waals surface area (Å²) in [4.78, 5) is 24.8. The van der Waals surface area contributed by atoms with Crippen LogP contribution in [-0.4, -0.2) is 61.0 Å². The molecular weight excluding hydrogens is 360 g/mol. The van der Waals surface area contributed by atoms with E-state index >= 15 is 0 Å². The van der Waals surface area contributed by atoms with Crippen LogP contribution in [0.5, 0.6) is 0 Å². The summed E-state index contributed by atoms with van der Waals surface area (Å²) in [5, 5.41) is 10.9. The molecule has 2 saturated heterocycles. The number of non-ortho nitro benzene ring substituents is 1. The van der Waals surface area contributed by atoms with Crippen molar-refractivity contribution >= 4 is 21.5 Å². The highest BCUT2D eigenvalue weighted by molar-refractivity contribution is 7.91. The summed E-state index contributed by atoms with van der Waals surface area (Å²) in [6.07, 6.45) is 3.50. The summed E-state index contributed by atoms with van der Waals surface area (Å²) < 4.78 is 29.8. The van der Waals surface area contributed by atoms with E-state index in [2.05, 4.69) is 4.90 Å². The maximum atomic E-state index is 12.4. The number of benzene rings is 1. The lowest BCUT2D eigenvalue weighted by molar-refractivity contribution is -0.384. The third-order valence-corrected chi connectivity index (χ3v) is 6.62. The van der Waals surface area contributed by atoms with Crippen LogP contribution < -0.4 is 0 Å². The average molecular weight is 382 g/mol. The van der Waals surface area contributed by atoms with Crippen LogP contribution in [0.15, 0.2) is 24.3 Å². The summed E-state index contributed by atoms with van der Waals surface area (Å²) >= 11 is 0. The number of sulfone groups is 1. The summed E-state index contributed by atoms with van der Waals surface area (Å²) in [5.74, 6) is -0.940. The van der Waals surface area contributed by atoms with Gasteiger partial charge in [-0.15, -0.1) is 0 Å². The topological polar surface area (TPSA) is 107 Å². The predicted octanol–water partition coefficient (Wildman–Crippen LogP) is 1.79. The molecule has 0 bridgehead atoms. The van der Waals surface area contributed by atoms with Crippen LogP contribution in [0.4, 0.5) is 5.69 Å². The molecule has 0 saturated carbocycles. The van der Waals surface area contributed by atoms with Gasteiger partial charge in [-0.05, 0) is 32.0 Å². The number of nitro groups is 1. The Morgan fingerprint density at radius 2 is 1.85 bits per heavy atom. The highest BCUT2D eigenvalue weighted by atomic mass is 32.2. The van der Waals surface area contributed by atoms with Gasteiger partial charge in [-0.25, -0.2) is 13.2 Å². The zero-order chi connectivity index (χ0) is 18.7. The van der Waals surface area contributed by atoms with Crippen LogP contribution in [0.3, 0.4) is 0 Å². The van der Waals surface area contributed by atoms with Crippen molar-refractivity contribution in [3.63, 3.8) is 0 Å². The Kier molecular flexibility index (Phi) is 5.57. The van der Waals surface area contributed by atoms with Gasteiger partial charge in [0.2, 0.25) is 0 Å². The van der Waals surface area contributed by atoms with Crippen molar-refractivity contribution in [2.45, 2.75) is 37.8 Å². The number of carbonyl (C=O) groups excluding carboxylic acids is 1. The first-order valence-electron chi connectivity index (χ1n) is 8.76. The largest absolute Gasteiger partial charge is 0.456 e. The normalized spacial score (nSPS) is 26.2. The molecule has 26 heavy (non-hydrogen) atoms. The zero-order valence-corrected chi connectivity index (χ0v) is 15.2. The van der Waals surface area contributed by atoms with Crippen molar-refractivity contribution in [3.8, 4) is 0 Å². The lowest BCUT2D eigenvalue weighted by Crippen LogP contribution is -2.45. The fraction of sp³-hybridized carbons (Fsp3) is 0.588. The predicted molar refractivity (Wildman–Crippen MR) is 94.8 cm³/mol. The Bertz CT molecular complexity index is 786. The molecule has 1 aromatic carbocycles. The highest BCUT2D eigenvalue weighted by Gasteiger charge is 2.43. The highest BCUT2D eigenvalue weighted by Crippen LogP contribution is 2.25. The number of carbonyl (C=O) groups is 1. The van der Waals surface area contributed by atoms with Gasteiger partial charge < -0.3 is 4.74 Å². The lowest BCUT2D eigenvalue weighted by atomic mass is 10.1. The quantitative estimate of drug-likeness (QED) is 0.444. The lowest BCUT2D eigenvalue weighted by Gasteiger charge is -2.30. The first-order valence-corrected chi connectivity index (χ1v) is 10.6. The molecule has 1 aromatic rings. The number of rotatable bonds is 4. The van der Waals surface area contributed by atoms with E-state index in [-0.39, 0.29) is 28.8 Å². The SMILES string of the molecule is O=C(OC1CS(=O)(=O)CC1N1CCCCCC1)c1cccc([N+](=O)[O-])c1. The molecule has 0 aromatic heterocycles. The molecule has 142 valence electrons. The molecule has 0 radical (unpaired) electrons. The Morgan fingerprint density at radius 3 is 2.50 bits per heavy atom. The second-order valence-electron chi connectivity index (χ2n) is 6.85. The van der Waals surface area contributed by atoms with Crippen LogP contribution in [0.1, 0.15) is 36.0 Å². The number of likely N-dealkylation sites (tertiary alicyclic amines) is 1. The van der Waals surface area contributed by atoms with E-state index < -0.39 is 26.8 Å². The minimum absolute atomic E-state index is 0.0140. The van der Waals surface area contributed by atoms with Crippen molar-refractivity contribution < 1.29 is 22.9 Å². The van der Waals surface area contributed by atoms with Crippen molar-refractivity contribution in [2.75, 3.05) is 24.6 Å². The third kappa shape index (κ3) is 4.39. The molecule has 2 atom stereocenters. The van der Waals surface area contributed by atoms with E-state index in [0.29, 0.717) is 0 Å². The van der Waals surface area contributed by atoms with E-state index in [1.54, 1.807) is 0 Å².